The minimum atomic E-state index is -1.93. The van der Waals surface area contributed by atoms with Crippen LogP contribution in [-0.2, 0) is 17.5 Å². The lowest BCUT2D eigenvalue weighted by molar-refractivity contribution is 0.0995. The van der Waals surface area contributed by atoms with Gasteiger partial charge in [0.1, 0.15) is 5.69 Å². The van der Waals surface area contributed by atoms with Gasteiger partial charge in [-0.1, -0.05) is 26.8 Å². The highest BCUT2D eigenvalue weighted by atomic mass is 28.4. The maximum atomic E-state index is 11.5. The number of primary amides is 1. The number of nitrogens with one attached hydrogen (secondary N) is 1. The van der Waals surface area contributed by atoms with E-state index >= 15 is 0 Å². The second-order valence-electron chi connectivity index (χ2n) is 9.69. The summed E-state index contributed by atoms with van der Waals surface area (Å²) in [6.45, 7) is 11.7. The summed E-state index contributed by atoms with van der Waals surface area (Å²) >= 11 is 0. The fourth-order valence-electron chi connectivity index (χ4n) is 3.36. The Morgan fingerprint density at radius 2 is 2.10 bits per heavy atom. The van der Waals surface area contributed by atoms with Gasteiger partial charge in [0.2, 0.25) is 0 Å². The Kier molecular flexibility index (Phi) is 6.73. The summed E-state index contributed by atoms with van der Waals surface area (Å²) in [6.07, 6.45) is 7.05. The third kappa shape index (κ3) is 5.26. The molecule has 8 heteroatoms. The molecular weight excluding hydrogens is 408 g/mol. The monoisotopic (exact) mass is 442 g/mol. The number of carbonyl (C=O) groups is 1. The van der Waals surface area contributed by atoms with Gasteiger partial charge < -0.3 is 24.8 Å². The quantitative estimate of drug-likeness (QED) is 0.433. The van der Waals surface area contributed by atoms with Crippen molar-refractivity contribution in [2.24, 2.45) is 5.73 Å². The number of nitrogens with zero attached hydrogens (tertiary/aromatic N) is 2. The topological polar surface area (TPSA) is 106 Å². The van der Waals surface area contributed by atoms with E-state index in [0.717, 1.165) is 29.3 Å². The molecule has 3 rings (SSSR count). The van der Waals surface area contributed by atoms with Gasteiger partial charge in [-0.2, -0.15) is 0 Å². The van der Waals surface area contributed by atoms with Crippen molar-refractivity contribution in [3.8, 4) is 0 Å². The third-order valence-electron chi connectivity index (χ3n) is 6.48. The van der Waals surface area contributed by atoms with Crippen molar-refractivity contribution in [2.75, 3.05) is 6.61 Å². The van der Waals surface area contributed by atoms with Crippen LogP contribution in [0.5, 0.6) is 0 Å². The van der Waals surface area contributed by atoms with Crippen molar-refractivity contribution in [3.05, 3.63) is 53.7 Å². The van der Waals surface area contributed by atoms with Gasteiger partial charge >= 0.3 is 0 Å². The molecule has 0 aliphatic carbocycles. The van der Waals surface area contributed by atoms with Crippen LogP contribution in [0.4, 0.5) is 0 Å². The van der Waals surface area contributed by atoms with E-state index in [4.69, 9.17) is 10.2 Å². The lowest BCUT2D eigenvalue weighted by atomic mass is 10.0. The summed E-state index contributed by atoms with van der Waals surface area (Å²) in [5.41, 5.74) is 8.81. The van der Waals surface area contributed by atoms with Crippen molar-refractivity contribution in [1.82, 2.24) is 14.5 Å². The van der Waals surface area contributed by atoms with Crippen LogP contribution in [0.25, 0.3) is 10.9 Å². The molecule has 4 N–H and O–H groups in total. The molecule has 1 amide bonds. The molecule has 0 radical (unpaired) electrons. The van der Waals surface area contributed by atoms with Gasteiger partial charge in [-0.25, -0.2) is 4.98 Å². The fraction of sp³-hybridized carbons (Fsp3) is 0.478. The zero-order valence-corrected chi connectivity index (χ0v) is 20.1. The Hall–Kier alpha value is -2.42. The summed E-state index contributed by atoms with van der Waals surface area (Å²) in [7, 11) is -1.93. The Balaban J connectivity index is 1.81. The first-order valence-corrected chi connectivity index (χ1v) is 13.6. The molecular formula is C23H34N4O3Si. The van der Waals surface area contributed by atoms with Crippen LogP contribution < -0.4 is 5.73 Å². The summed E-state index contributed by atoms with van der Waals surface area (Å²) in [6, 6.07) is 5.98. The largest absolute Gasteiger partial charge is 0.415 e. The molecule has 3 aromatic rings. The summed E-state index contributed by atoms with van der Waals surface area (Å²) < 4.78 is 8.45. The lowest BCUT2D eigenvalue weighted by Gasteiger charge is -2.37. The first-order valence-electron chi connectivity index (χ1n) is 10.7. The number of carbonyl (C=O) groups excluding carboxylic acids is 1. The zero-order chi connectivity index (χ0) is 22.8. The lowest BCUT2D eigenvalue weighted by Crippen LogP contribution is -2.42. The molecule has 0 aliphatic rings. The SMILES string of the molecule is CC(C)(C)[Si](C)(C)OC[C@@H](CCc1c[nH]c2ccc(CO)cc12)n1cnc(C(N)=O)c1. The van der Waals surface area contributed by atoms with Crippen molar-refractivity contribution >= 4 is 25.1 Å². The number of nitrogens with two attached hydrogens (primary N) is 1. The summed E-state index contributed by atoms with van der Waals surface area (Å²) in [5.74, 6) is -0.532. The summed E-state index contributed by atoms with van der Waals surface area (Å²) in [5, 5.41) is 10.7. The Morgan fingerprint density at radius 3 is 2.71 bits per heavy atom. The number of benzene rings is 1. The van der Waals surface area contributed by atoms with Crippen molar-refractivity contribution in [1.29, 1.82) is 0 Å². The summed E-state index contributed by atoms with van der Waals surface area (Å²) in [4.78, 5) is 19.0. The number of hydrogen-bond acceptors (Lipinski definition) is 4. The van der Waals surface area contributed by atoms with E-state index in [9.17, 15) is 9.90 Å². The molecule has 7 nitrogen and oxygen atoms in total. The van der Waals surface area contributed by atoms with Gasteiger partial charge in [0.15, 0.2) is 8.32 Å². The van der Waals surface area contributed by atoms with Crippen LogP contribution in [0, 0.1) is 0 Å². The van der Waals surface area contributed by atoms with Gasteiger partial charge in [0.05, 0.1) is 25.6 Å². The van der Waals surface area contributed by atoms with Gasteiger partial charge in [-0.05, 0) is 54.2 Å². The number of imidazole rings is 1. The molecule has 0 fully saturated rings. The fourth-order valence-corrected chi connectivity index (χ4v) is 4.40. The molecule has 0 unspecified atom stereocenters. The minimum absolute atomic E-state index is 0.0223. The van der Waals surface area contributed by atoms with Crippen LogP contribution in [0.15, 0.2) is 36.9 Å². The standard InChI is InChI=1S/C23H34N4O3Si/c1-23(2,3)31(4,5)30-14-18(27-12-21(22(24)29)26-15-27)8-7-17-11-25-20-9-6-16(13-28)10-19(17)20/h6,9-12,15,18,25,28H,7-8,13-14H2,1-5H3,(H2,24,29)/t18-/m1/s1. The first-order chi connectivity index (χ1) is 14.5. The van der Waals surface area contributed by atoms with Gasteiger partial charge in [-0.3, -0.25) is 4.79 Å². The maximum absolute atomic E-state index is 11.5. The zero-order valence-electron chi connectivity index (χ0n) is 19.1. The van der Waals surface area contributed by atoms with Crippen LogP contribution in [0.2, 0.25) is 18.1 Å². The number of rotatable bonds is 9. The molecule has 0 saturated carbocycles. The van der Waals surface area contributed by atoms with Crippen molar-refractivity contribution in [3.63, 3.8) is 0 Å². The predicted molar refractivity (Wildman–Crippen MR) is 125 cm³/mol. The van der Waals surface area contributed by atoms with E-state index in [2.05, 4.69) is 43.8 Å². The van der Waals surface area contributed by atoms with Gasteiger partial charge in [0.25, 0.3) is 5.91 Å². The molecule has 1 atom stereocenters. The highest BCUT2D eigenvalue weighted by Gasteiger charge is 2.37. The average molecular weight is 443 g/mol. The average Bonchev–Trinajstić information content (AvgIpc) is 3.34. The molecule has 0 aliphatic heterocycles. The van der Waals surface area contributed by atoms with E-state index in [1.807, 2.05) is 29.0 Å². The second kappa shape index (κ2) is 8.98. The highest BCUT2D eigenvalue weighted by molar-refractivity contribution is 6.74. The van der Waals surface area contributed by atoms with Crippen molar-refractivity contribution < 1.29 is 14.3 Å². The van der Waals surface area contributed by atoms with Crippen LogP contribution in [-0.4, -0.2) is 40.5 Å². The molecule has 1 aromatic carbocycles. The van der Waals surface area contributed by atoms with E-state index in [0.29, 0.717) is 6.61 Å². The number of fused-ring (bicyclic) bond motifs is 1. The minimum Gasteiger partial charge on any atom is -0.415 e. The number of amides is 1. The van der Waals surface area contributed by atoms with Crippen LogP contribution >= 0.6 is 0 Å². The molecule has 2 aromatic heterocycles. The highest BCUT2D eigenvalue weighted by Crippen LogP contribution is 2.37. The third-order valence-corrected chi connectivity index (χ3v) is 11.0. The number of aryl methyl sites for hydroxylation is 1. The Bertz CT molecular complexity index is 1050. The smallest absolute Gasteiger partial charge is 0.268 e. The van der Waals surface area contributed by atoms with E-state index in [-0.39, 0.29) is 23.4 Å². The number of hydrogen-bond donors (Lipinski definition) is 3. The normalized spacial score (nSPS) is 13.6. The molecule has 2 heterocycles. The Labute approximate surface area is 184 Å². The van der Waals surface area contributed by atoms with Gasteiger partial charge in [0, 0.05) is 23.3 Å². The van der Waals surface area contributed by atoms with E-state index in [1.165, 1.54) is 5.56 Å². The number of aromatic amines is 1. The van der Waals surface area contributed by atoms with Gasteiger partial charge in [-0.15, -0.1) is 0 Å². The predicted octanol–water partition coefficient (Wildman–Crippen LogP) is 4.15. The molecule has 168 valence electrons. The number of aromatic nitrogens is 3. The number of aliphatic hydroxyl groups excluding tert-OH is 1. The number of H-pyrrole nitrogens is 1. The number of aliphatic hydroxyl groups is 1. The maximum Gasteiger partial charge on any atom is 0.268 e. The van der Waals surface area contributed by atoms with E-state index < -0.39 is 14.2 Å². The van der Waals surface area contributed by atoms with E-state index in [1.54, 1.807) is 12.5 Å². The van der Waals surface area contributed by atoms with Crippen molar-refractivity contribution in [2.45, 2.75) is 64.4 Å². The van der Waals surface area contributed by atoms with Crippen LogP contribution in [0.3, 0.4) is 0 Å². The molecule has 0 saturated heterocycles. The molecule has 0 spiro atoms. The molecule has 31 heavy (non-hydrogen) atoms. The second-order valence-corrected chi connectivity index (χ2v) is 14.5. The molecule has 0 bridgehead atoms. The Morgan fingerprint density at radius 1 is 1.35 bits per heavy atom. The first kappa shape index (κ1) is 23.2. The van der Waals surface area contributed by atoms with Crippen LogP contribution in [0.1, 0.15) is 54.8 Å².